The smallest absolute Gasteiger partial charge is 0.336 e. The SMILES string of the molecule is O=C(O)c1ccc2c3cccc4cccc(c5ccc(C(=O)Nc6ccccc6)c1c25)c43. The minimum atomic E-state index is -1.06. The lowest BCUT2D eigenvalue weighted by Gasteiger charge is -2.17. The van der Waals surface area contributed by atoms with Crippen molar-refractivity contribution >= 4 is 60.7 Å². The maximum absolute atomic E-state index is 13.3. The molecule has 0 heterocycles. The van der Waals surface area contributed by atoms with Crippen molar-refractivity contribution in [1.29, 1.82) is 0 Å². The van der Waals surface area contributed by atoms with Crippen LogP contribution >= 0.6 is 0 Å². The fourth-order valence-corrected chi connectivity index (χ4v) is 4.82. The molecule has 2 N–H and O–H groups in total. The Kier molecular flexibility index (Phi) is 3.89. The van der Waals surface area contributed by atoms with E-state index < -0.39 is 5.97 Å². The Morgan fingerprint density at radius 3 is 1.78 bits per heavy atom. The summed E-state index contributed by atoms with van der Waals surface area (Å²) < 4.78 is 0. The number of carboxylic acids is 1. The van der Waals surface area contributed by atoms with Crippen molar-refractivity contribution in [3.05, 3.63) is 102 Å². The minimum Gasteiger partial charge on any atom is -0.478 e. The van der Waals surface area contributed by atoms with Crippen LogP contribution in [0.2, 0.25) is 0 Å². The molecule has 0 aliphatic carbocycles. The van der Waals surface area contributed by atoms with E-state index in [0.29, 0.717) is 16.6 Å². The predicted octanol–water partition coefficient (Wildman–Crippen LogP) is 6.69. The highest BCUT2D eigenvalue weighted by molar-refractivity contribution is 6.36. The monoisotopic (exact) mass is 415 g/mol. The molecule has 32 heavy (non-hydrogen) atoms. The van der Waals surface area contributed by atoms with Gasteiger partial charge in [-0.2, -0.15) is 0 Å². The van der Waals surface area contributed by atoms with Crippen molar-refractivity contribution in [1.82, 2.24) is 0 Å². The van der Waals surface area contributed by atoms with E-state index in [1.165, 1.54) is 0 Å². The number of carbonyl (C=O) groups is 2. The van der Waals surface area contributed by atoms with E-state index in [9.17, 15) is 14.7 Å². The van der Waals surface area contributed by atoms with Crippen molar-refractivity contribution in [2.45, 2.75) is 0 Å². The predicted molar refractivity (Wildman–Crippen MR) is 129 cm³/mol. The molecule has 1 amide bonds. The summed E-state index contributed by atoms with van der Waals surface area (Å²) in [7, 11) is 0. The lowest BCUT2D eigenvalue weighted by Crippen LogP contribution is -2.14. The average molecular weight is 415 g/mol. The number of amides is 1. The number of anilines is 1. The first-order valence-corrected chi connectivity index (χ1v) is 10.4. The molecule has 0 aliphatic heterocycles. The van der Waals surface area contributed by atoms with Gasteiger partial charge in [0, 0.05) is 16.6 Å². The number of hydrogen-bond donors (Lipinski definition) is 2. The maximum atomic E-state index is 13.3. The van der Waals surface area contributed by atoms with E-state index in [1.54, 1.807) is 24.3 Å². The molecule has 0 aromatic heterocycles. The summed E-state index contributed by atoms with van der Waals surface area (Å²) in [5.74, 6) is -1.39. The zero-order chi connectivity index (χ0) is 21.8. The van der Waals surface area contributed by atoms with E-state index in [0.717, 1.165) is 37.7 Å². The Hall–Kier alpha value is -4.44. The van der Waals surface area contributed by atoms with Crippen LogP contribution in [0.4, 0.5) is 5.69 Å². The topological polar surface area (TPSA) is 66.4 Å². The molecule has 0 saturated carbocycles. The third-order valence-corrected chi connectivity index (χ3v) is 6.15. The van der Waals surface area contributed by atoms with Gasteiger partial charge in [-0.1, -0.05) is 66.7 Å². The fraction of sp³-hybridized carbons (Fsp3) is 0. The summed E-state index contributed by atoms with van der Waals surface area (Å²) in [4.78, 5) is 25.4. The van der Waals surface area contributed by atoms with Crippen molar-refractivity contribution in [3.63, 3.8) is 0 Å². The van der Waals surface area contributed by atoms with Crippen LogP contribution in [0, 0.1) is 0 Å². The molecule has 4 nitrogen and oxygen atoms in total. The zero-order valence-electron chi connectivity index (χ0n) is 16.9. The third-order valence-electron chi connectivity index (χ3n) is 6.15. The number of fused-ring (bicyclic) bond motifs is 2. The molecule has 6 aromatic carbocycles. The Balaban J connectivity index is 1.75. The van der Waals surface area contributed by atoms with Crippen molar-refractivity contribution in [2.24, 2.45) is 0 Å². The second-order valence-electron chi connectivity index (χ2n) is 7.91. The molecule has 0 bridgehead atoms. The Morgan fingerprint density at radius 1 is 0.562 bits per heavy atom. The fourth-order valence-electron chi connectivity index (χ4n) is 4.82. The summed E-state index contributed by atoms with van der Waals surface area (Å²) in [5, 5.41) is 20.4. The van der Waals surface area contributed by atoms with E-state index >= 15 is 0 Å². The minimum absolute atomic E-state index is 0.121. The number of carbonyl (C=O) groups excluding carboxylic acids is 1. The van der Waals surface area contributed by atoms with Crippen LogP contribution in [-0.2, 0) is 0 Å². The van der Waals surface area contributed by atoms with Crippen molar-refractivity contribution in [2.75, 3.05) is 5.32 Å². The Morgan fingerprint density at radius 2 is 1.16 bits per heavy atom. The summed E-state index contributed by atoms with van der Waals surface area (Å²) >= 11 is 0. The van der Waals surface area contributed by atoms with Crippen LogP contribution in [0.3, 0.4) is 0 Å². The van der Waals surface area contributed by atoms with Gasteiger partial charge in [0.1, 0.15) is 0 Å². The molecule has 0 atom stereocenters. The van der Waals surface area contributed by atoms with Gasteiger partial charge in [-0.15, -0.1) is 0 Å². The molecule has 6 rings (SSSR count). The van der Waals surface area contributed by atoms with Crippen molar-refractivity contribution < 1.29 is 14.7 Å². The lowest BCUT2D eigenvalue weighted by atomic mass is 9.86. The molecule has 4 heteroatoms. The zero-order valence-corrected chi connectivity index (χ0v) is 16.9. The maximum Gasteiger partial charge on any atom is 0.336 e. The van der Waals surface area contributed by atoms with E-state index in [2.05, 4.69) is 29.6 Å². The number of benzene rings is 6. The standard InChI is InChI=1S/C28H17NO3/c30-27(29-17-8-2-1-3-9-17)22-14-12-20-18-10-4-6-16-7-5-11-19(24(16)18)21-13-15-23(28(31)32)26(22)25(20)21/h1-15H,(H,29,30)(H,31,32). The molecule has 152 valence electrons. The van der Waals surface area contributed by atoms with Crippen LogP contribution in [0.15, 0.2) is 91.0 Å². The number of rotatable bonds is 3. The summed E-state index contributed by atoms with van der Waals surface area (Å²) in [5.41, 5.74) is 1.12. The molecule has 6 aromatic rings. The number of nitrogens with one attached hydrogen (secondary N) is 1. The normalized spacial score (nSPS) is 11.5. The number of aromatic carboxylic acids is 1. The highest BCUT2D eigenvalue weighted by atomic mass is 16.4. The average Bonchev–Trinajstić information content (AvgIpc) is 2.82. The highest BCUT2D eigenvalue weighted by Crippen LogP contribution is 2.42. The van der Waals surface area contributed by atoms with Crippen LogP contribution < -0.4 is 5.32 Å². The van der Waals surface area contributed by atoms with Crippen LogP contribution in [0.1, 0.15) is 20.7 Å². The largest absolute Gasteiger partial charge is 0.478 e. The van der Waals surface area contributed by atoms with Gasteiger partial charge < -0.3 is 10.4 Å². The van der Waals surface area contributed by atoms with Gasteiger partial charge in [0.2, 0.25) is 0 Å². The molecule has 0 unspecified atom stereocenters. The quantitative estimate of drug-likeness (QED) is 0.250. The van der Waals surface area contributed by atoms with E-state index in [1.807, 2.05) is 42.5 Å². The molecule has 0 saturated heterocycles. The number of carboxylic acid groups (broad SMARTS) is 1. The summed E-state index contributed by atoms with van der Waals surface area (Å²) in [6.45, 7) is 0. The van der Waals surface area contributed by atoms with Crippen LogP contribution in [0.25, 0.3) is 43.1 Å². The number of para-hydroxylation sites is 1. The number of hydrogen-bond acceptors (Lipinski definition) is 2. The first kappa shape index (κ1) is 18.3. The molecule has 0 aliphatic rings. The Labute approximate surface area is 183 Å². The molecule has 0 fully saturated rings. The van der Waals surface area contributed by atoms with Gasteiger partial charge in [0.05, 0.1) is 5.56 Å². The van der Waals surface area contributed by atoms with E-state index in [4.69, 9.17) is 0 Å². The molecular formula is C28H17NO3. The van der Waals surface area contributed by atoms with Crippen molar-refractivity contribution in [3.8, 4) is 0 Å². The summed E-state index contributed by atoms with van der Waals surface area (Å²) in [6, 6.07) is 28.6. The van der Waals surface area contributed by atoms with Gasteiger partial charge >= 0.3 is 5.97 Å². The second kappa shape index (κ2) is 6.79. The third kappa shape index (κ3) is 2.56. The van der Waals surface area contributed by atoms with Gasteiger partial charge in [-0.3, -0.25) is 4.79 Å². The first-order valence-electron chi connectivity index (χ1n) is 10.4. The Bertz CT molecular complexity index is 1640. The van der Waals surface area contributed by atoms with Gasteiger partial charge in [-0.05, 0) is 62.0 Å². The van der Waals surface area contributed by atoms with Gasteiger partial charge in [-0.25, -0.2) is 4.79 Å². The second-order valence-corrected chi connectivity index (χ2v) is 7.91. The van der Waals surface area contributed by atoms with Crippen LogP contribution in [0.5, 0.6) is 0 Å². The summed E-state index contributed by atoms with van der Waals surface area (Å²) in [6.07, 6.45) is 0. The lowest BCUT2D eigenvalue weighted by molar-refractivity contribution is 0.0699. The van der Waals surface area contributed by atoms with Crippen LogP contribution in [-0.4, -0.2) is 17.0 Å². The first-order chi connectivity index (χ1) is 15.6. The molecular weight excluding hydrogens is 398 g/mol. The van der Waals surface area contributed by atoms with Gasteiger partial charge in [0.25, 0.3) is 5.91 Å². The van der Waals surface area contributed by atoms with Gasteiger partial charge in [0.15, 0.2) is 0 Å². The van der Waals surface area contributed by atoms with E-state index in [-0.39, 0.29) is 11.5 Å². The highest BCUT2D eigenvalue weighted by Gasteiger charge is 2.22. The molecule has 0 spiro atoms. The molecule has 0 radical (unpaired) electrons.